The van der Waals surface area contributed by atoms with E-state index in [1.807, 2.05) is 0 Å². The number of rotatable bonds is 8. The molecule has 0 radical (unpaired) electrons. The van der Waals surface area contributed by atoms with Crippen molar-refractivity contribution in [2.45, 2.75) is 0 Å². The van der Waals surface area contributed by atoms with Crippen molar-refractivity contribution in [1.29, 1.82) is 0 Å². The molecule has 0 saturated heterocycles. The lowest BCUT2D eigenvalue weighted by molar-refractivity contribution is 0.0981. The van der Waals surface area contributed by atoms with E-state index < -0.39 is 0 Å². The van der Waals surface area contributed by atoms with E-state index in [-0.39, 0.29) is 33.8 Å². The normalized spacial score (nSPS) is 11.8. The molecule has 0 aromatic heterocycles. The molecule has 6 aromatic carbocycles. The second-order valence-corrected chi connectivity index (χ2v) is 12.8. The molecule has 7 rings (SSSR count). The van der Waals surface area contributed by atoms with Gasteiger partial charge in [0.15, 0.2) is 11.6 Å². The van der Waals surface area contributed by atoms with Gasteiger partial charge < -0.3 is 21.3 Å². The number of nitrogens with one attached hydrogen (secondary N) is 4. The quantitative estimate of drug-likeness (QED) is 0.126. The smallest absolute Gasteiger partial charge is 0.198 e. The minimum absolute atomic E-state index is 0.226. The van der Waals surface area contributed by atoms with Crippen LogP contribution in [0.3, 0.4) is 0 Å². The minimum atomic E-state index is -0.341. The molecular formula is C38H24Cl4N4O2. The molecule has 0 amide bonds. The zero-order chi connectivity index (χ0) is 33.4. The third-order valence-corrected chi connectivity index (χ3v) is 8.82. The summed E-state index contributed by atoms with van der Waals surface area (Å²) in [6.07, 6.45) is 0. The van der Waals surface area contributed by atoms with Gasteiger partial charge in [-0.05, 0) is 121 Å². The summed E-state index contributed by atoms with van der Waals surface area (Å²) in [7, 11) is 0. The van der Waals surface area contributed by atoms with E-state index in [1.165, 1.54) is 0 Å². The summed E-state index contributed by atoms with van der Waals surface area (Å²) in [6, 6.07) is 35.5. The first-order valence-electron chi connectivity index (χ1n) is 14.8. The molecule has 0 heterocycles. The second kappa shape index (κ2) is 13.3. The Hall–Kier alpha value is -4.98. The molecule has 6 nitrogen and oxygen atoms in total. The van der Waals surface area contributed by atoms with Gasteiger partial charge in [0.1, 0.15) is 0 Å². The van der Waals surface area contributed by atoms with Crippen LogP contribution in [0.4, 0.5) is 45.5 Å². The van der Waals surface area contributed by atoms with Gasteiger partial charge >= 0.3 is 0 Å². The molecule has 48 heavy (non-hydrogen) atoms. The van der Waals surface area contributed by atoms with Crippen molar-refractivity contribution in [3.05, 3.63) is 164 Å². The number of benzene rings is 6. The van der Waals surface area contributed by atoms with Gasteiger partial charge in [0, 0.05) is 42.8 Å². The summed E-state index contributed by atoms with van der Waals surface area (Å²) >= 11 is 24.6. The number of halogens is 4. The van der Waals surface area contributed by atoms with E-state index in [0.29, 0.717) is 65.6 Å². The van der Waals surface area contributed by atoms with Gasteiger partial charge in [0.2, 0.25) is 0 Å². The van der Waals surface area contributed by atoms with Crippen LogP contribution in [-0.2, 0) is 0 Å². The summed E-state index contributed by atoms with van der Waals surface area (Å²) in [6.45, 7) is 0. The number of hydrogen-bond acceptors (Lipinski definition) is 6. The average molecular weight is 710 g/mol. The van der Waals surface area contributed by atoms with Crippen LogP contribution in [0.25, 0.3) is 0 Å². The van der Waals surface area contributed by atoms with Crippen molar-refractivity contribution in [1.82, 2.24) is 0 Å². The van der Waals surface area contributed by atoms with Crippen molar-refractivity contribution >= 4 is 103 Å². The maximum absolute atomic E-state index is 14.9. The summed E-state index contributed by atoms with van der Waals surface area (Å²) in [5.74, 6) is -0.681. The summed E-state index contributed by atoms with van der Waals surface area (Å²) in [5.41, 5.74) is 5.55. The Bertz CT molecular complexity index is 1880. The van der Waals surface area contributed by atoms with Gasteiger partial charge in [-0.3, -0.25) is 9.59 Å². The van der Waals surface area contributed by atoms with E-state index >= 15 is 0 Å². The van der Waals surface area contributed by atoms with E-state index in [9.17, 15) is 9.59 Å². The number of hydrogen-bond donors (Lipinski definition) is 4. The van der Waals surface area contributed by atoms with Crippen molar-refractivity contribution in [3.63, 3.8) is 0 Å². The molecular weight excluding hydrogens is 686 g/mol. The molecule has 0 saturated carbocycles. The fraction of sp³-hybridized carbons (Fsp3) is 0. The van der Waals surface area contributed by atoms with E-state index in [2.05, 4.69) is 21.3 Å². The Morgan fingerprint density at radius 2 is 0.479 bits per heavy atom. The number of anilines is 8. The van der Waals surface area contributed by atoms with Gasteiger partial charge in [-0.25, -0.2) is 0 Å². The highest BCUT2D eigenvalue weighted by molar-refractivity contribution is 6.36. The van der Waals surface area contributed by atoms with Crippen LogP contribution in [0.5, 0.6) is 0 Å². The monoisotopic (exact) mass is 708 g/mol. The number of fused-ring (bicyclic) bond motifs is 2. The third-order valence-electron chi connectivity index (χ3n) is 7.81. The number of carbonyl (C=O) groups excluding carboxylic acids is 2. The molecule has 236 valence electrons. The third kappa shape index (κ3) is 6.44. The topological polar surface area (TPSA) is 82.3 Å². The Morgan fingerprint density at radius 3 is 0.667 bits per heavy atom. The first kappa shape index (κ1) is 31.6. The Labute approximate surface area is 296 Å². The maximum atomic E-state index is 14.9. The van der Waals surface area contributed by atoms with Crippen LogP contribution < -0.4 is 21.3 Å². The van der Waals surface area contributed by atoms with Crippen molar-refractivity contribution in [2.24, 2.45) is 0 Å². The maximum Gasteiger partial charge on any atom is 0.198 e. The molecule has 0 atom stereocenters. The number of carbonyl (C=O) groups is 2. The lowest BCUT2D eigenvalue weighted by Crippen LogP contribution is -2.25. The van der Waals surface area contributed by atoms with Crippen LogP contribution in [0.15, 0.2) is 121 Å². The molecule has 0 bridgehead atoms. The molecule has 0 fully saturated rings. The van der Waals surface area contributed by atoms with E-state index in [4.69, 9.17) is 46.4 Å². The Kier molecular flexibility index (Phi) is 8.73. The number of ketones is 2. The standard InChI is InChI=1S/C38H24Cl4N4O2/c39-21-1-9-25(10-2-21)43-29-17-18-30(44-26-11-3-22(40)4-12-26)34-33(29)37(47)35-31(45-27-13-5-23(41)6-14-27)19-20-32(36(35)38(34)48)46-28-15-7-24(42)8-16-28/h1-20,43-46H. The zero-order valence-corrected chi connectivity index (χ0v) is 27.9. The Morgan fingerprint density at radius 1 is 0.292 bits per heavy atom. The lowest BCUT2D eigenvalue weighted by atomic mass is 9.80. The molecule has 10 heteroatoms. The molecule has 0 spiro atoms. The van der Waals surface area contributed by atoms with Crippen LogP contribution in [0.2, 0.25) is 20.1 Å². The van der Waals surface area contributed by atoms with E-state index in [0.717, 1.165) is 0 Å². The molecule has 0 aliphatic heterocycles. The van der Waals surface area contributed by atoms with Gasteiger partial charge in [-0.15, -0.1) is 0 Å². The first-order chi connectivity index (χ1) is 23.2. The predicted molar refractivity (Wildman–Crippen MR) is 199 cm³/mol. The van der Waals surface area contributed by atoms with Crippen LogP contribution in [-0.4, -0.2) is 11.6 Å². The van der Waals surface area contributed by atoms with E-state index in [1.54, 1.807) is 121 Å². The molecule has 6 aromatic rings. The molecule has 4 N–H and O–H groups in total. The highest BCUT2D eigenvalue weighted by atomic mass is 35.5. The largest absolute Gasteiger partial charge is 0.355 e. The van der Waals surface area contributed by atoms with Crippen LogP contribution in [0, 0.1) is 0 Å². The molecule has 1 aliphatic carbocycles. The highest BCUT2D eigenvalue weighted by Crippen LogP contribution is 2.44. The summed E-state index contributed by atoms with van der Waals surface area (Å²) in [4.78, 5) is 29.8. The molecule has 1 aliphatic rings. The van der Waals surface area contributed by atoms with Gasteiger partial charge in [0.05, 0.1) is 45.0 Å². The lowest BCUT2D eigenvalue weighted by Gasteiger charge is -2.27. The SMILES string of the molecule is O=C1c2c(Nc3ccc(Cl)cc3)ccc(Nc3ccc(Cl)cc3)c2C(=O)c2c(Nc3ccc(Cl)cc3)ccc(Nc3ccc(Cl)cc3)c21. The Balaban J connectivity index is 1.42. The van der Waals surface area contributed by atoms with Gasteiger partial charge in [0.25, 0.3) is 0 Å². The second-order valence-electron chi connectivity index (χ2n) is 11.0. The molecule has 0 unspecified atom stereocenters. The fourth-order valence-electron chi connectivity index (χ4n) is 5.57. The van der Waals surface area contributed by atoms with Crippen LogP contribution >= 0.6 is 46.4 Å². The van der Waals surface area contributed by atoms with Crippen molar-refractivity contribution < 1.29 is 9.59 Å². The van der Waals surface area contributed by atoms with Gasteiger partial charge in [-0.2, -0.15) is 0 Å². The minimum Gasteiger partial charge on any atom is -0.355 e. The van der Waals surface area contributed by atoms with Crippen LogP contribution in [0.1, 0.15) is 31.8 Å². The van der Waals surface area contributed by atoms with Gasteiger partial charge in [-0.1, -0.05) is 46.4 Å². The first-order valence-corrected chi connectivity index (χ1v) is 16.3. The predicted octanol–water partition coefficient (Wildman–Crippen LogP) is 12.0. The highest BCUT2D eigenvalue weighted by Gasteiger charge is 2.38. The van der Waals surface area contributed by atoms with Crippen molar-refractivity contribution in [3.8, 4) is 0 Å². The summed E-state index contributed by atoms with van der Waals surface area (Å²) in [5, 5.41) is 15.6. The zero-order valence-electron chi connectivity index (χ0n) is 24.9. The fourth-order valence-corrected chi connectivity index (χ4v) is 6.07. The average Bonchev–Trinajstić information content (AvgIpc) is 3.08. The van der Waals surface area contributed by atoms with Crippen molar-refractivity contribution in [2.75, 3.05) is 21.3 Å². The summed E-state index contributed by atoms with van der Waals surface area (Å²) < 4.78 is 0.